The van der Waals surface area contributed by atoms with Gasteiger partial charge >= 0.3 is 0 Å². The highest BCUT2D eigenvalue weighted by molar-refractivity contribution is 6.04. The summed E-state index contributed by atoms with van der Waals surface area (Å²) in [5.74, 6) is 0.694. The first-order chi connectivity index (χ1) is 17.7. The Hall–Kier alpha value is -3.23. The Kier molecular flexibility index (Phi) is 5.47. The zero-order valence-electron chi connectivity index (χ0n) is 21.5. The molecule has 4 atom stereocenters. The highest BCUT2D eigenvalue weighted by Gasteiger charge is 2.69. The minimum Gasteiger partial charge on any atom is -0.508 e. The van der Waals surface area contributed by atoms with E-state index in [9.17, 15) is 20.1 Å². The van der Waals surface area contributed by atoms with Crippen LogP contribution in [-0.2, 0) is 16.6 Å². The van der Waals surface area contributed by atoms with Crippen LogP contribution >= 0.6 is 0 Å². The average Bonchev–Trinajstić information content (AvgIpc) is 3.62. The minimum absolute atomic E-state index is 0.0285. The Balaban J connectivity index is 1.41. The van der Waals surface area contributed by atoms with Gasteiger partial charge in [0.15, 0.2) is 17.6 Å². The van der Waals surface area contributed by atoms with Crippen molar-refractivity contribution in [2.24, 2.45) is 5.92 Å². The van der Waals surface area contributed by atoms with Gasteiger partial charge in [0.25, 0.3) is 5.91 Å². The molecule has 2 aliphatic heterocycles. The molecule has 1 amide bonds. The van der Waals surface area contributed by atoms with Crippen LogP contribution in [0.1, 0.15) is 44.2 Å². The maximum Gasteiger partial charge on any atom is 0.254 e. The zero-order valence-corrected chi connectivity index (χ0v) is 21.5. The Morgan fingerprint density at radius 2 is 2.00 bits per heavy atom. The number of likely N-dealkylation sites (tertiary alicyclic amines) is 1. The normalized spacial score (nSPS) is 30.7. The summed E-state index contributed by atoms with van der Waals surface area (Å²) in [6.07, 6.45) is 2.60. The van der Waals surface area contributed by atoms with Crippen molar-refractivity contribution in [1.82, 2.24) is 4.90 Å². The summed E-state index contributed by atoms with van der Waals surface area (Å²) in [6, 6.07) is 10.4. The number of amides is 1. The maximum absolute atomic E-state index is 13.2. The molecular weight excluding hydrogens is 472 g/mol. The van der Waals surface area contributed by atoms with E-state index < -0.39 is 23.0 Å². The number of methoxy groups -OCH3 is 1. The number of piperidine rings is 1. The van der Waals surface area contributed by atoms with E-state index in [-0.39, 0.29) is 23.1 Å². The predicted molar refractivity (Wildman–Crippen MR) is 138 cm³/mol. The van der Waals surface area contributed by atoms with Crippen LogP contribution in [0.5, 0.6) is 17.2 Å². The number of carbonyl (C=O) groups is 1. The second-order valence-electron chi connectivity index (χ2n) is 11.1. The van der Waals surface area contributed by atoms with Gasteiger partial charge in [0, 0.05) is 18.2 Å². The quantitative estimate of drug-likeness (QED) is 0.350. The number of aliphatic hydroxyl groups excluding tert-OH is 1. The van der Waals surface area contributed by atoms with Crippen LogP contribution in [0.4, 0.5) is 5.69 Å². The molecule has 0 radical (unpaired) electrons. The van der Waals surface area contributed by atoms with Crippen LogP contribution in [-0.4, -0.2) is 64.1 Å². The number of hydrogen-bond acceptors (Lipinski definition) is 7. The molecule has 196 valence electrons. The van der Waals surface area contributed by atoms with E-state index >= 15 is 0 Å². The number of rotatable bonds is 6. The smallest absolute Gasteiger partial charge is 0.254 e. The van der Waals surface area contributed by atoms with Crippen LogP contribution in [0.15, 0.2) is 47.7 Å². The van der Waals surface area contributed by atoms with Gasteiger partial charge in [0.2, 0.25) is 0 Å². The fourth-order valence-corrected chi connectivity index (χ4v) is 6.85. The Labute approximate surface area is 216 Å². The van der Waals surface area contributed by atoms with Gasteiger partial charge in [0.1, 0.15) is 11.5 Å². The van der Waals surface area contributed by atoms with Crippen LogP contribution in [0.2, 0.25) is 0 Å². The van der Waals surface area contributed by atoms with Crippen molar-refractivity contribution in [3.8, 4) is 17.2 Å². The van der Waals surface area contributed by atoms with Crippen molar-refractivity contribution in [3.63, 3.8) is 0 Å². The molecule has 2 heterocycles. The largest absolute Gasteiger partial charge is 0.508 e. The van der Waals surface area contributed by atoms with Gasteiger partial charge in [-0.15, -0.1) is 0 Å². The van der Waals surface area contributed by atoms with E-state index in [0.29, 0.717) is 35.9 Å². The van der Waals surface area contributed by atoms with Gasteiger partial charge in [-0.05, 0) is 75.8 Å². The van der Waals surface area contributed by atoms with E-state index in [1.165, 1.54) is 20.0 Å². The molecule has 2 aromatic carbocycles. The molecule has 1 saturated heterocycles. The number of nitrogens with one attached hydrogen (secondary N) is 1. The molecule has 0 unspecified atom stereocenters. The molecule has 8 heteroatoms. The zero-order chi connectivity index (χ0) is 26.1. The number of para-hydroxylation sites is 2. The molecule has 0 aromatic heterocycles. The lowest BCUT2D eigenvalue weighted by atomic mass is 9.53. The van der Waals surface area contributed by atoms with Gasteiger partial charge in [-0.3, -0.25) is 9.69 Å². The van der Waals surface area contributed by atoms with Gasteiger partial charge in [-0.2, -0.15) is 0 Å². The van der Waals surface area contributed by atoms with Crippen LogP contribution in [0, 0.1) is 5.92 Å². The average molecular weight is 507 g/mol. The summed E-state index contributed by atoms with van der Waals surface area (Å²) in [6.45, 7) is 5.06. The van der Waals surface area contributed by atoms with Crippen molar-refractivity contribution in [2.45, 2.75) is 62.7 Å². The number of aliphatic hydroxyl groups is 2. The summed E-state index contributed by atoms with van der Waals surface area (Å²) in [4.78, 5) is 15.6. The monoisotopic (exact) mass is 506 g/mol. The molecule has 6 rings (SSSR count). The lowest BCUT2D eigenvalue weighted by molar-refractivity contribution is -0.153. The first kappa shape index (κ1) is 24.1. The number of ether oxygens (including phenoxy) is 2. The molecule has 4 N–H and O–H groups in total. The summed E-state index contributed by atoms with van der Waals surface area (Å²) in [5, 5.41) is 37.4. The molecule has 2 bridgehead atoms. The summed E-state index contributed by atoms with van der Waals surface area (Å²) < 4.78 is 11.6. The number of phenolic OH excluding ortho intramolecular Hbond substituents is 1. The van der Waals surface area contributed by atoms with E-state index in [0.717, 1.165) is 24.2 Å². The van der Waals surface area contributed by atoms with Gasteiger partial charge in [0.05, 0.1) is 29.4 Å². The van der Waals surface area contributed by atoms with Crippen molar-refractivity contribution >= 4 is 11.6 Å². The Bertz CT molecular complexity index is 1300. The van der Waals surface area contributed by atoms with E-state index in [2.05, 4.69) is 10.2 Å². The van der Waals surface area contributed by atoms with Crippen molar-refractivity contribution in [3.05, 3.63) is 58.9 Å². The number of anilines is 1. The third-order valence-electron chi connectivity index (χ3n) is 9.07. The fraction of sp³-hybridized carbons (Fsp3) is 0.483. The second-order valence-corrected chi connectivity index (χ2v) is 11.1. The highest BCUT2D eigenvalue weighted by atomic mass is 16.5. The third-order valence-corrected chi connectivity index (χ3v) is 9.07. The van der Waals surface area contributed by atoms with Gasteiger partial charge < -0.3 is 30.1 Å². The third kappa shape index (κ3) is 3.45. The number of nitrogens with zero attached hydrogens (tertiary/aromatic N) is 1. The van der Waals surface area contributed by atoms with Gasteiger partial charge in [-0.25, -0.2) is 0 Å². The highest BCUT2D eigenvalue weighted by Crippen LogP contribution is 2.63. The summed E-state index contributed by atoms with van der Waals surface area (Å²) >= 11 is 0. The molecule has 1 saturated carbocycles. The SMILES string of the molecule is COc1ccccc1NC(=O)/C(C)=C(\O)[C@@H]1Oc2c(O)ccc3c2[C@@]12CCN(CC1CC1)[C@H](C3)[C@@]2(C)O. The standard InChI is InChI=1S/C29H34N2O6/c1-16(27(34)30-19-6-4-5-7-21(19)36-3)24(33)26-29-12-13-31(15-17-8-9-17)22(28(29,2)35)14-18-10-11-20(32)25(37-26)23(18)29/h4-7,10-11,17,22,26,32-33,35H,8-9,12-15H2,1-3H3,(H,30,34)/b24-16-/t22-,26+,28-,29+/m1/s1. The van der Waals surface area contributed by atoms with Crippen molar-refractivity contribution in [1.29, 1.82) is 0 Å². The number of phenols is 1. The van der Waals surface area contributed by atoms with E-state index in [4.69, 9.17) is 9.47 Å². The van der Waals surface area contributed by atoms with E-state index in [1.807, 2.05) is 13.0 Å². The molecule has 2 aromatic rings. The first-order valence-corrected chi connectivity index (χ1v) is 13.0. The first-order valence-electron chi connectivity index (χ1n) is 13.0. The maximum atomic E-state index is 13.2. The number of fused-ring (bicyclic) bond motifs is 1. The van der Waals surface area contributed by atoms with Crippen molar-refractivity contribution in [2.75, 3.05) is 25.5 Å². The summed E-state index contributed by atoms with van der Waals surface area (Å²) in [5.41, 5.74) is 0.0663. The summed E-state index contributed by atoms with van der Waals surface area (Å²) in [7, 11) is 1.52. The molecule has 1 spiro atoms. The van der Waals surface area contributed by atoms with E-state index in [1.54, 1.807) is 37.3 Å². The Morgan fingerprint density at radius 3 is 2.73 bits per heavy atom. The predicted octanol–water partition coefficient (Wildman–Crippen LogP) is 3.66. The molecule has 4 aliphatic rings. The Morgan fingerprint density at radius 1 is 1.24 bits per heavy atom. The van der Waals surface area contributed by atoms with Crippen LogP contribution in [0.3, 0.4) is 0 Å². The number of benzene rings is 2. The molecule has 2 aliphatic carbocycles. The number of carbonyl (C=O) groups excluding carboxylic acids is 1. The number of aromatic hydroxyl groups is 1. The van der Waals surface area contributed by atoms with Crippen LogP contribution < -0.4 is 14.8 Å². The van der Waals surface area contributed by atoms with Crippen LogP contribution in [0.25, 0.3) is 0 Å². The lowest BCUT2D eigenvalue weighted by Crippen LogP contribution is -2.73. The molecular formula is C29H34N2O6. The lowest BCUT2D eigenvalue weighted by Gasteiger charge is -2.59. The second kappa shape index (κ2) is 8.39. The number of hydrogen-bond donors (Lipinski definition) is 4. The molecule has 2 fully saturated rings. The minimum atomic E-state index is -1.26. The molecule has 8 nitrogen and oxygen atoms in total. The van der Waals surface area contributed by atoms with Gasteiger partial charge in [-0.1, -0.05) is 18.2 Å². The fourth-order valence-electron chi connectivity index (χ4n) is 6.85. The topological polar surface area (TPSA) is 111 Å². The molecule has 37 heavy (non-hydrogen) atoms. The van der Waals surface area contributed by atoms with Crippen molar-refractivity contribution < 1.29 is 29.6 Å².